The molecule has 116 valence electrons. The summed E-state index contributed by atoms with van der Waals surface area (Å²) in [7, 11) is 0. The van der Waals surface area contributed by atoms with Crippen LogP contribution in [0.15, 0.2) is 0 Å². The number of amides is 1. The first kappa shape index (κ1) is 15.8. The standard InChI is InChI=1S/C17H32N2O/c1-4-15-17(20)19(16(18-15)12-13(2)3)11-10-14-8-6-5-7-9-14/h13-16,18H,4-12H2,1-3H3. The average molecular weight is 280 g/mol. The molecule has 1 aliphatic carbocycles. The van der Waals surface area contributed by atoms with Gasteiger partial charge in [-0.1, -0.05) is 52.9 Å². The Morgan fingerprint density at radius 2 is 1.95 bits per heavy atom. The van der Waals surface area contributed by atoms with Crippen molar-refractivity contribution in [1.82, 2.24) is 10.2 Å². The van der Waals surface area contributed by atoms with E-state index in [4.69, 9.17) is 0 Å². The third-order valence-electron chi connectivity index (χ3n) is 4.96. The van der Waals surface area contributed by atoms with Crippen LogP contribution in [0.25, 0.3) is 0 Å². The number of carbonyl (C=O) groups is 1. The van der Waals surface area contributed by atoms with Gasteiger partial charge in [0.2, 0.25) is 5.91 Å². The van der Waals surface area contributed by atoms with Crippen molar-refractivity contribution in [3.05, 3.63) is 0 Å². The second-order valence-corrected chi connectivity index (χ2v) is 7.10. The molecule has 20 heavy (non-hydrogen) atoms. The molecule has 2 fully saturated rings. The van der Waals surface area contributed by atoms with Crippen LogP contribution in [0.5, 0.6) is 0 Å². The van der Waals surface area contributed by atoms with E-state index >= 15 is 0 Å². The molecular formula is C17H32N2O. The van der Waals surface area contributed by atoms with E-state index in [2.05, 4.69) is 31.0 Å². The summed E-state index contributed by atoms with van der Waals surface area (Å²) in [5.74, 6) is 1.83. The van der Waals surface area contributed by atoms with Crippen LogP contribution in [0, 0.1) is 11.8 Å². The van der Waals surface area contributed by atoms with Crippen LogP contribution >= 0.6 is 0 Å². The van der Waals surface area contributed by atoms with Crippen LogP contribution < -0.4 is 5.32 Å². The molecule has 1 saturated carbocycles. The molecule has 1 saturated heterocycles. The van der Waals surface area contributed by atoms with Gasteiger partial charge in [0.05, 0.1) is 12.2 Å². The van der Waals surface area contributed by atoms with E-state index in [0.717, 1.165) is 25.3 Å². The summed E-state index contributed by atoms with van der Waals surface area (Å²) in [6.45, 7) is 7.55. The molecule has 2 atom stereocenters. The van der Waals surface area contributed by atoms with Crippen molar-refractivity contribution < 1.29 is 4.79 Å². The van der Waals surface area contributed by atoms with Gasteiger partial charge in [0.25, 0.3) is 0 Å². The monoisotopic (exact) mass is 280 g/mol. The molecular weight excluding hydrogens is 248 g/mol. The first-order chi connectivity index (χ1) is 9.61. The van der Waals surface area contributed by atoms with Crippen LogP contribution in [0.1, 0.15) is 72.1 Å². The maximum Gasteiger partial charge on any atom is 0.241 e. The quantitative estimate of drug-likeness (QED) is 0.807. The van der Waals surface area contributed by atoms with Crippen molar-refractivity contribution in [2.24, 2.45) is 11.8 Å². The molecule has 1 aliphatic heterocycles. The highest BCUT2D eigenvalue weighted by molar-refractivity contribution is 5.84. The minimum atomic E-state index is 0.0603. The second kappa shape index (κ2) is 7.44. The SMILES string of the molecule is CCC1NC(CC(C)C)N(CCC2CCCCC2)C1=O. The Morgan fingerprint density at radius 1 is 1.25 bits per heavy atom. The van der Waals surface area contributed by atoms with Gasteiger partial charge in [-0.15, -0.1) is 0 Å². The van der Waals surface area contributed by atoms with Crippen LogP contribution in [-0.4, -0.2) is 29.6 Å². The molecule has 0 aromatic carbocycles. The number of rotatable bonds is 6. The van der Waals surface area contributed by atoms with Gasteiger partial charge >= 0.3 is 0 Å². The minimum absolute atomic E-state index is 0.0603. The van der Waals surface area contributed by atoms with Crippen LogP contribution in [-0.2, 0) is 4.79 Å². The van der Waals surface area contributed by atoms with Crippen LogP contribution in [0.3, 0.4) is 0 Å². The van der Waals surface area contributed by atoms with Gasteiger partial charge in [-0.05, 0) is 31.1 Å². The maximum atomic E-state index is 12.5. The van der Waals surface area contributed by atoms with E-state index in [9.17, 15) is 4.79 Å². The van der Waals surface area contributed by atoms with E-state index in [-0.39, 0.29) is 12.2 Å². The first-order valence-electron chi connectivity index (χ1n) is 8.68. The van der Waals surface area contributed by atoms with E-state index in [0.29, 0.717) is 11.8 Å². The summed E-state index contributed by atoms with van der Waals surface area (Å²) in [6.07, 6.45) is 10.4. The predicted octanol–water partition coefficient (Wildman–Crippen LogP) is 3.54. The maximum absolute atomic E-state index is 12.5. The fraction of sp³-hybridized carbons (Fsp3) is 0.941. The number of carbonyl (C=O) groups excluding carboxylic acids is 1. The summed E-state index contributed by atoms with van der Waals surface area (Å²) in [6, 6.07) is 0.0603. The van der Waals surface area contributed by atoms with Gasteiger partial charge in [-0.3, -0.25) is 10.1 Å². The second-order valence-electron chi connectivity index (χ2n) is 7.10. The third-order valence-corrected chi connectivity index (χ3v) is 4.96. The number of nitrogens with one attached hydrogen (secondary N) is 1. The molecule has 1 amide bonds. The van der Waals surface area contributed by atoms with Crippen LogP contribution in [0.2, 0.25) is 0 Å². The van der Waals surface area contributed by atoms with E-state index in [1.165, 1.54) is 38.5 Å². The molecule has 0 aromatic rings. The average Bonchev–Trinajstić information content (AvgIpc) is 2.73. The van der Waals surface area contributed by atoms with E-state index in [1.54, 1.807) is 0 Å². The zero-order valence-electron chi connectivity index (χ0n) is 13.5. The fourth-order valence-electron chi connectivity index (χ4n) is 3.75. The Bertz CT molecular complexity index is 310. The van der Waals surface area contributed by atoms with Crippen molar-refractivity contribution in [2.45, 2.75) is 84.3 Å². The molecule has 0 spiro atoms. The van der Waals surface area contributed by atoms with Crippen molar-refractivity contribution >= 4 is 5.91 Å². The summed E-state index contributed by atoms with van der Waals surface area (Å²) in [5, 5.41) is 3.54. The van der Waals surface area contributed by atoms with Gasteiger partial charge < -0.3 is 4.90 Å². The van der Waals surface area contributed by atoms with E-state index in [1.807, 2.05) is 0 Å². The smallest absolute Gasteiger partial charge is 0.241 e. The molecule has 2 aliphatic rings. The Labute approximate surface area is 124 Å². The molecule has 3 heteroatoms. The topological polar surface area (TPSA) is 32.3 Å². The zero-order valence-corrected chi connectivity index (χ0v) is 13.5. The molecule has 3 nitrogen and oxygen atoms in total. The Hall–Kier alpha value is -0.570. The van der Waals surface area contributed by atoms with E-state index < -0.39 is 0 Å². The lowest BCUT2D eigenvalue weighted by Crippen LogP contribution is -2.39. The highest BCUT2D eigenvalue weighted by Crippen LogP contribution is 2.28. The number of hydrogen-bond acceptors (Lipinski definition) is 2. The predicted molar refractivity (Wildman–Crippen MR) is 83.4 cm³/mol. The van der Waals surface area contributed by atoms with Crippen molar-refractivity contribution in [1.29, 1.82) is 0 Å². The Balaban J connectivity index is 1.89. The fourth-order valence-corrected chi connectivity index (χ4v) is 3.75. The molecule has 2 unspecified atom stereocenters. The largest absolute Gasteiger partial charge is 0.326 e. The molecule has 1 N–H and O–H groups in total. The minimum Gasteiger partial charge on any atom is -0.326 e. The lowest BCUT2D eigenvalue weighted by atomic mass is 9.87. The highest BCUT2D eigenvalue weighted by Gasteiger charge is 2.37. The van der Waals surface area contributed by atoms with Gasteiger partial charge in [-0.25, -0.2) is 0 Å². The van der Waals surface area contributed by atoms with Gasteiger partial charge in [0, 0.05) is 6.54 Å². The Kier molecular flexibility index (Phi) is 5.88. The normalized spacial score (nSPS) is 28.6. The number of nitrogens with zero attached hydrogens (tertiary/aromatic N) is 1. The lowest BCUT2D eigenvalue weighted by Gasteiger charge is -2.28. The molecule has 0 aromatic heterocycles. The van der Waals surface area contributed by atoms with Crippen molar-refractivity contribution in [2.75, 3.05) is 6.54 Å². The molecule has 0 radical (unpaired) electrons. The van der Waals surface area contributed by atoms with Crippen molar-refractivity contribution in [3.63, 3.8) is 0 Å². The first-order valence-corrected chi connectivity index (χ1v) is 8.68. The van der Waals surface area contributed by atoms with Crippen molar-refractivity contribution in [3.8, 4) is 0 Å². The highest BCUT2D eigenvalue weighted by atomic mass is 16.2. The van der Waals surface area contributed by atoms with Gasteiger partial charge in [0.1, 0.15) is 0 Å². The molecule has 1 heterocycles. The number of hydrogen-bond donors (Lipinski definition) is 1. The van der Waals surface area contributed by atoms with Gasteiger partial charge in [-0.2, -0.15) is 0 Å². The van der Waals surface area contributed by atoms with Gasteiger partial charge in [0.15, 0.2) is 0 Å². The third kappa shape index (κ3) is 3.97. The zero-order chi connectivity index (χ0) is 14.5. The lowest BCUT2D eigenvalue weighted by molar-refractivity contribution is -0.130. The van der Waals surface area contributed by atoms with Crippen LogP contribution in [0.4, 0.5) is 0 Å². The molecule has 2 rings (SSSR count). The Morgan fingerprint density at radius 3 is 2.55 bits per heavy atom. The summed E-state index contributed by atoms with van der Waals surface area (Å²) >= 11 is 0. The summed E-state index contributed by atoms with van der Waals surface area (Å²) in [5.41, 5.74) is 0. The summed E-state index contributed by atoms with van der Waals surface area (Å²) in [4.78, 5) is 14.6. The summed E-state index contributed by atoms with van der Waals surface area (Å²) < 4.78 is 0. The molecule has 0 bridgehead atoms.